The number of hydrogen-bond acceptors (Lipinski definition) is 6. The minimum absolute atomic E-state index is 0.0542. The molecule has 2 atom stereocenters. The number of aryl methyl sites for hydroxylation is 2. The molecule has 4 rings (SSSR count). The van der Waals surface area contributed by atoms with Gasteiger partial charge in [0.25, 0.3) is 0 Å². The summed E-state index contributed by atoms with van der Waals surface area (Å²) in [5.41, 5.74) is 3.04. The van der Waals surface area contributed by atoms with E-state index in [-0.39, 0.29) is 28.9 Å². The third kappa shape index (κ3) is 4.22. The molecule has 0 aromatic heterocycles. The minimum atomic E-state index is -3.22. The molecule has 158 valence electrons. The van der Waals surface area contributed by atoms with Gasteiger partial charge in [-0.3, -0.25) is 9.79 Å². The summed E-state index contributed by atoms with van der Waals surface area (Å²) in [7, 11) is -3.22. The van der Waals surface area contributed by atoms with E-state index < -0.39 is 27.7 Å². The van der Waals surface area contributed by atoms with Crippen molar-refractivity contribution < 1.29 is 17.6 Å². The standard InChI is InChI=1S/C21H22FN3O3S2/c1-13-7-8-14(2)16(9-13)23-20(26)10-29-21-24-17-11-30(27,28)12-19(17)25(21)18-6-4-3-5-15(18)22/h3-9,17,19H,10-12H2,1-2H3,(H,23,26)/t17-,19-/m0/s1. The monoisotopic (exact) mass is 447 g/mol. The van der Waals surface area contributed by atoms with Gasteiger partial charge >= 0.3 is 0 Å². The zero-order valence-electron chi connectivity index (χ0n) is 16.6. The van der Waals surface area contributed by atoms with E-state index in [4.69, 9.17) is 0 Å². The molecule has 1 fully saturated rings. The van der Waals surface area contributed by atoms with E-state index in [0.29, 0.717) is 5.17 Å². The van der Waals surface area contributed by atoms with Crippen molar-refractivity contribution in [3.63, 3.8) is 0 Å². The van der Waals surface area contributed by atoms with Crippen molar-refractivity contribution in [1.82, 2.24) is 0 Å². The van der Waals surface area contributed by atoms with Gasteiger partial charge in [0.05, 0.1) is 35.0 Å². The number of hydrogen-bond donors (Lipinski definition) is 1. The zero-order chi connectivity index (χ0) is 21.5. The van der Waals surface area contributed by atoms with Crippen LogP contribution in [0.1, 0.15) is 11.1 Å². The maximum Gasteiger partial charge on any atom is 0.234 e. The Labute approximate surface area is 179 Å². The van der Waals surface area contributed by atoms with Crippen LogP contribution < -0.4 is 10.2 Å². The van der Waals surface area contributed by atoms with Crippen LogP contribution in [0.3, 0.4) is 0 Å². The Balaban J connectivity index is 1.52. The quantitative estimate of drug-likeness (QED) is 0.779. The van der Waals surface area contributed by atoms with Crippen LogP contribution in [0.2, 0.25) is 0 Å². The molecule has 30 heavy (non-hydrogen) atoms. The first-order chi connectivity index (χ1) is 14.2. The summed E-state index contributed by atoms with van der Waals surface area (Å²) >= 11 is 1.19. The van der Waals surface area contributed by atoms with Crippen molar-refractivity contribution >= 4 is 44.0 Å². The smallest absolute Gasteiger partial charge is 0.234 e. The Hall–Kier alpha value is -2.39. The maximum atomic E-state index is 14.5. The molecule has 9 heteroatoms. The van der Waals surface area contributed by atoms with Crippen molar-refractivity contribution in [3.05, 3.63) is 59.4 Å². The third-order valence-corrected chi connectivity index (χ3v) is 7.88. The van der Waals surface area contributed by atoms with Crippen molar-refractivity contribution in [1.29, 1.82) is 0 Å². The van der Waals surface area contributed by atoms with E-state index in [1.165, 1.54) is 17.8 Å². The Morgan fingerprint density at radius 2 is 2.00 bits per heavy atom. The van der Waals surface area contributed by atoms with E-state index in [0.717, 1.165) is 16.8 Å². The molecule has 0 aliphatic carbocycles. The van der Waals surface area contributed by atoms with E-state index >= 15 is 0 Å². The molecule has 2 aromatic rings. The number of amidine groups is 1. The summed E-state index contributed by atoms with van der Waals surface area (Å²) in [6, 6.07) is 11.2. The van der Waals surface area contributed by atoms with Crippen LogP contribution in [-0.2, 0) is 14.6 Å². The molecule has 2 aliphatic rings. The Kier molecular flexibility index (Phi) is 5.59. The van der Waals surface area contributed by atoms with Crippen molar-refractivity contribution in [3.8, 4) is 0 Å². The van der Waals surface area contributed by atoms with E-state index in [1.54, 1.807) is 23.1 Å². The van der Waals surface area contributed by atoms with Crippen LogP contribution in [0.4, 0.5) is 15.8 Å². The number of para-hydroxylation sites is 1. The van der Waals surface area contributed by atoms with Crippen molar-refractivity contribution in [2.75, 3.05) is 27.5 Å². The molecule has 0 saturated carbocycles. The second-order valence-electron chi connectivity index (χ2n) is 7.60. The van der Waals surface area contributed by atoms with Crippen LogP contribution in [0.5, 0.6) is 0 Å². The summed E-state index contributed by atoms with van der Waals surface area (Å²) in [6.07, 6.45) is 0. The number of amides is 1. The lowest BCUT2D eigenvalue weighted by atomic mass is 10.1. The van der Waals surface area contributed by atoms with Crippen LogP contribution in [-0.4, -0.2) is 48.8 Å². The number of aliphatic imine (C=N–C) groups is 1. The molecule has 0 unspecified atom stereocenters. The average molecular weight is 448 g/mol. The van der Waals surface area contributed by atoms with Gasteiger partial charge in [-0.2, -0.15) is 0 Å². The van der Waals surface area contributed by atoms with Gasteiger partial charge in [0, 0.05) is 5.69 Å². The number of anilines is 2. The highest BCUT2D eigenvalue weighted by atomic mass is 32.2. The highest BCUT2D eigenvalue weighted by molar-refractivity contribution is 8.14. The zero-order valence-corrected chi connectivity index (χ0v) is 18.3. The molecular formula is C21H22FN3O3S2. The van der Waals surface area contributed by atoms with Gasteiger partial charge in [-0.1, -0.05) is 36.0 Å². The SMILES string of the molecule is Cc1ccc(C)c(NC(=O)CSC2=N[C@H]3CS(=O)(=O)C[C@@H]3N2c2ccccc2F)c1. The predicted octanol–water partition coefficient (Wildman–Crippen LogP) is 3.16. The van der Waals surface area contributed by atoms with Crippen LogP contribution in [0.25, 0.3) is 0 Å². The van der Waals surface area contributed by atoms with Gasteiger partial charge in [-0.05, 0) is 43.2 Å². The number of carbonyl (C=O) groups excluding carboxylic acids is 1. The van der Waals surface area contributed by atoms with E-state index in [2.05, 4.69) is 10.3 Å². The second-order valence-corrected chi connectivity index (χ2v) is 10.7. The van der Waals surface area contributed by atoms with Crippen LogP contribution in [0, 0.1) is 19.7 Å². The lowest BCUT2D eigenvalue weighted by Gasteiger charge is -2.26. The summed E-state index contributed by atoms with van der Waals surface area (Å²) in [5.74, 6) is -0.691. The minimum Gasteiger partial charge on any atom is -0.325 e. The molecule has 0 spiro atoms. The molecule has 0 radical (unpaired) electrons. The first-order valence-electron chi connectivity index (χ1n) is 9.55. The average Bonchev–Trinajstić information content (AvgIpc) is 3.15. The first-order valence-corrected chi connectivity index (χ1v) is 12.4. The molecule has 0 bridgehead atoms. The molecule has 1 saturated heterocycles. The summed E-state index contributed by atoms with van der Waals surface area (Å²) in [6.45, 7) is 3.88. The number of nitrogens with zero attached hydrogens (tertiary/aromatic N) is 2. The van der Waals surface area contributed by atoms with Gasteiger partial charge in [-0.25, -0.2) is 12.8 Å². The van der Waals surface area contributed by atoms with Crippen molar-refractivity contribution in [2.24, 2.45) is 4.99 Å². The van der Waals surface area contributed by atoms with Crippen LogP contribution in [0.15, 0.2) is 47.5 Å². The summed E-state index contributed by atoms with van der Waals surface area (Å²) < 4.78 is 38.7. The summed E-state index contributed by atoms with van der Waals surface area (Å²) in [5, 5.41) is 3.37. The number of fused-ring (bicyclic) bond motifs is 1. The Morgan fingerprint density at radius 1 is 1.23 bits per heavy atom. The Bertz CT molecular complexity index is 1130. The van der Waals surface area contributed by atoms with E-state index in [9.17, 15) is 17.6 Å². The number of rotatable bonds is 4. The van der Waals surface area contributed by atoms with Gasteiger partial charge in [0.1, 0.15) is 5.82 Å². The number of halogens is 1. The third-order valence-electron chi connectivity index (χ3n) is 5.22. The molecule has 1 amide bonds. The molecule has 2 heterocycles. The normalized spacial score (nSPS) is 22.0. The largest absolute Gasteiger partial charge is 0.325 e. The molecular weight excluding hydrogens is 425 g/mol. The van der Waals surface area contributed by atoms with Gasteiger partial charge in [0.15, 0.2) is 15.0 Å². The first kappa shape index (κ1) is 20.9. The highest BCUT2D eigenvalue weighted by Gasteiger charge is 2.47. The second kappa shape index (κ2) is 8.03. The fourth-order valence-corrected chi connectivity index (χ4v) is 6.51. The molecule has 6 nitrogen and oxygen atoms in total. The topological polar surface area (TPSA) is 78.8 Å². The Morgan fingerprint density at radius 3 is 2.77 bits per heavy atom. The number of sulfone groups is 1. The fraction of sp³-hybridized carbons (Fsp3) is 0.333. The predicted molar refractivity (Wildman–Crippen MR) is 120 cm³/mol. The fourth-order valence-electron chi connectivity index (χ4n) is 3.75. The highest BCUT2D eigenvalue weighted by Crippen LogP contribution is 2.36. The number of carbonyl (C=O) groups is 1. The number of nitrogens with one attached hydrogen (secondary N) is 1. The van der Waals surface area contributed by atoms with Crippen LogP contribution >= 0.6 is 11.8 Å². The van der Waals surface area contributed by atoms with Crippen molar-refractivity contribution in [2.45, 2.75) is 25.9 Å². The van der Waals surface area contributed by atoms with Gasteiger partial charge in [0.2, 0.25) is 5.91 Å². The lowest BCUT2D eigenvalue weighted by Crippen LogP contribution is -2.40. The van der Waals surface area contributed by atoms with Gasteiger partial charge in [-0.15, -0.1) is 0 Å². The number of benzene rings is 2. The number of thioether (sulfide) groups is 1. The lowest BCUT2D eigenvalue weighted by molar-refractivity contribution is -0.113. The molecule has 2 aromatic carbocycles. The van der Waals surface area contributed by atoms with Gasteiger partial charge < -0.3 is 10.2 Å². The summed E-state index contributed by atoms with van der Waals surface area (Å²) in [4.78, 5) is 18.7. The maximum absolute atomic E-state index is 14.5. The molecule has 1 N–H and O–H groups in total. The molecule has 2 aliphatic heterocycles. The van der Waals surface area contributed by atoms with E-state index in [1.807, 2.05) is 32.0 Å².